The van der Waals surface area contributed by atoms with Crippen LogP contribution >= 0.6 is 0 Å². The van der Waals surface area contributed by atoms with E-state index in [1.54, 1.807) is 0 Å². The van der Waals surface area contributed by atoms with Crippen molar-refractivity contribution < 1.29 is 5.11 Å². The van der Waals surface area contributed by atoms with Gasteiger partial charge in [0.15, 0.2) is 0 Å². The monoisotopic (exact) mass is 284 g/mol. The third-order valence-electron chi connectivity index (χ3n) is 3.86. The van der Waals surface area contributed by atoms with Gasteiger partial charge in [-0.2, -0.15) is 0 Å². The summed E-state index contributed by atoms with van der Waals surface area (Å²) in [6.07, 6.45) is 0. The Labute approximate surface area is 127 Å². The average Bonchev–Trinajstić information content (AvgIpc) is 2.54. The highest BCUT2D eigenvalue weighted by atomic mass is 16.3. The second-order valence-electron chi connectivity index (χ2n) is 5.77. The number of aliphatic hydroxyl groups excluding tert-OH is 1. The van der Waals surface area contributed by atoms with Gasteiger partial charge in [-0.1, -0.05) is 42.5 Å². The summed E-state index contributed by atoms with van der Waals surface area (Å²) in [6.45, 7) is 2.81. The summed E-state index contributed by atoms with van der Waals surface area (Å²) in [5, 5.41) is 13.2. The molecule has 3 heteroatoms. The molecule has 3 nitrogen and oxygen atoms in total. The van der Waals surface area contributed by atoms with Crippen LogP contribution in [0.15, 0.2) is 54.6 Å². The van der Waals surface area contributed by atoms with Gasteiger partial charge in [-0.3, -0.25) is 0 Å². The second kappa shape index (κ2) is 6.74. The molecule has 0 saturated heterocycles. The van der Waals surface area contributed by atoms with Crippen LogP contribution in [0.3, 0.4) is 0 Å². The molecular formula is C18H24N2O. The molecule has 0 heterocycles. The Morgan fingerprint density at radius 3 is 2.14 bits per heavy atom. The van der Waals surface area contributed by atoms with Gasteiger partial charge in [-0.15, -0.1) is 0 Å². The number of benzene rings is 2. The predicted octanol–water partition coefficient (Wildman–Crippen LogP) is 2.75. The fraction of sp³-hybridized carbons (Fsp3) is 0.333. The number of aliphatic hydroxyl groups is 1. The van der Waals surface area contributed by atoms with Crippen LogP contribution in [0.4, 0.5) is 5.69 Å². The molecule has 2 aromatic rings. The van der Waals surface area contributed by atoms with Crippen molar-refractivity contribution in [1.29, 1.82) is 0 Å². The maximum Gasteiger partial charge on any atom is 0.0652 e. The number of nitrogens with one attached hydrogen (secondary N) is 1. The van der Waals surface area contributed by atoms with E-state index in [2.05, 4.69) is 34.5 Å². The zero-order valence-electron chi connectivity index (χ0n) is 13.0. The molecule has 0 saturated carbocycles. The maximum atomic E-state index is 9.76. The van der Waals surface area contributed by atoms with Gasteiger partial charge in [0.2, 0.25) is 0 Å². The topological polar surface area (TPSA) is 35.5 Å². The zero-order chi connectivity index (χ0) is 15.3. The summed E-state index contributed by atoms with van der Waals surface area (Å²) < 4.78 is 0. The van der Waals surface area contributed by atoms with Crippen LogP contribution in [0.5, 0.6) is 0 Å². The van der Waals surface area contributed by atoms with Crippen molar-refractivity contribution in [3.05, 3.63) is 65.7 Å². The first-order chi connectivity index (χ1) is 10.0. The lowest BCUT2D eigenvalue weighted by Gasteiger charge is -2.29. The highest BCUT2D eigenvalue weighted by Crippen LogP contribution is 2.21. The first-order valence-corrected chi connectivity index (χ1v) is 7.23. The minimum Gasteiger partial charge on any atom is -0.394 e. The van der Waals surface area contributed by atoms with Crippen LogP contribution in [-0.2, 0) is 12.1 Å². The van der Waals surface area contributed by atoms with Crippen LogP contribution in [0.2, 0.25) is 0 Å². The van der Waals surface area contributed by atoms with Crippen molar-refractivity contribution in [2.75, 3.05) is 25.6 Å². The van der Waals surface area contributed by atoms with E-state index in [0.717, 1.165) is 12.1 Å². The van der Waals surface area contributed by atoms with Crippen molar-refractivity contribution >= 4 is 5.69 Å². The van der Waals surface area contributed by atoms with Crippen LogP contribution in [0.25, 0.3) is 0 Å². The lowest BCUT2D eigenvalue weighted by molar-refractivity contribution is 0.173. The summed E-state index contributed by atoms with van der Waals surface area (Å²) >= 11 is 0. The summed E-state index contributed by atoms with van der Waals surface area (Å²) in [4.78, 5) is 2.08. The van der Waals surface area contributed by atoms with Gasteiger partial charge in [-0.05, 0) is 30.2 Å². The van der Waals surface area contributed by atoms with E-state index >= 15 is 0 Å². The first kappa shape index (κ1) is 15.5. The molecule has 1 unspecified atom stereocenters. The van der Waals surface area contributed by atoms with E-state index in [0.29, 0.717) is 0 Å². The molecule has 1 atom stereocenters. The third kappa shape index (κ3) is 3.84. The van der Waals surface area contributed by atoms with Crippen LogP contribution in [0.1, 0.15) is 18.1 Å². The lowest BCUT2D eigenvalue weighted by Crippen LogP contribution is -2.42. The van der Waals surface area contributed by atoms with Gasteiger partial charge in [0, 0.05) is 26.3 Å². The summed E-state index contributed by atoms with van der Waals surface area (Å²) in [7, 11) is 4.07. The molecule has 0 spiro atoms. The van der Waals surface area contributed by atoms with E-state index in [1.165, 1.54) is 11.3 Å². The number of hydrogen-bond donors (Lipinski definition) is 2. The van der Waals surface area contributed by atoms with E-state index in [1.807, 2.05) is 51.4 Å². The van der Waals surface area contributed by atoms with Crippen molar-refractivity contribution in [1.82, 2.24) is 5.32 Å². The molecule has 2 N–H and O–H groups in total. The second-order valence-corrected chi connectivity index (χ2v) is 5.77. The quantitative estimate of drug-likeness (QED) is 0.856. The fourth-order valence-corrected chi connectivity index (χ4v) is 2.26. The Hall–Kier alpha value is -1.84. The third-order valence-corrected chi connectivity index (χ3v) is 3.86. The number of nitrogens with zero attached hydrogens (tertiary/aromatic N) is 1. The number of anilines is 1. The first-order valence-electron chi connectivity index (χ1n) is 7.23. The van der Waals surface area contributed by atoms with Gasteiger partial charge in [0.05, 0.1) is 12.1 Å². The van der Waals surface area contributed by atoms with E-state index < -0.39 is 5.54 Å². The van der Waals surface area contributed by atoms with Gasteiger partial charge >= 0.3 is 0 Å². The van der Waals surface area contributed by atoms with Crippen molar-refractivity contribution in [2.24, 2.45) is 0 Å². The zero-order valence-corrected chi connectivity index (χ0v) is 13.0. The fourth-order valence-electron chi connectivity index (χ4n) is 2.26. The molecule has 112 valence electrons. The van der Waals surface area contributed by atoms with Crippen LogP contribution in [-0.4, -0.2) is 25.8 Å². The van der Waals surface area contributed by atoms with Crippen molar-refractivity contribution in [2.45, 2.75) is 19.0 Å². The van der Waals surface area contributed by atoms with Crippen LogP contribution in [0, 0.1) is 0 Å². The Morgan fingerprint density at radius 1 is 1.00 bits per heavy atom. The van der Waals surface area contributed by atoms with Gasteiger partial charge in [-0.25, -0.2) is 0 Å². The smallest absolute Gasteiger partial charge is 0.0652 e. The van der Waals surface area contributed by atoms with Gasteiger partial charge in [0.25, 0.3) is 0 Å². The standard InChI is InChI=1S/C18H24N2O/c1-18(14-21,16-7-5-4-6-8-16)19-13-15-9-11-17(12-10-15)20(2)3/h4-12,19,21H,13-14H2,1-3H3. The minimum atomic E-state index is -0.429. The summed E-state index contributed by atoms with van der Waals surface area (Å²) in [5.74, 6) is 0. The highest BCUT2D eigenvalue weighted by molar-refractivity contribution is 5.46. The van der Waals surface area contributed by atoms with Gasteiger partial charge < -0.3 is 15.3 Å². The van der Waals surface area contributed by atoms with Gasteiger partial charge in [0.1, 0.15) is 0 Å². The Morgan fingerprint density at radius 2 is 1.62 bits per heavy atom. The Kier molecular flexibility index (Phi) is 4.99. The van der Waals surface area contributed by atoms with E-state index in [9.17, 15) is 5.11 Å². The van der Waals surface area contributed by atoms with Crippen molar-refractivity contribution in [3.8, 4) is 0 Å². The SMILES string of the molecule is CN(C)c1ccc(CNC(C)(CO)c2ccccc2)cc1. The van der Waals surface area contributed by atoms with E-state index in [4.69, 9.17) is 0 Å². The summed E-state index contributed by atoms with van der Waals surface area (Å²) in [5.41, 5.74) is 3.06. The van der Waals surface area contributed by atoms with Crippen LogP contribution < -0.4 is 10.2 Å². The largest absolute Gasteiger partial charge is 0.394 e. The number of hydrogen-bond acceptors (Lipinski definition) is 3. The molecule has 21 heavy (non-hydrogen) atoms. The Balaban J connectivity index is 2.06. The minimum absolute atomic E-state index is 0.0623. The molecule has 0 bridgehead atoms. The molecule has 0 aromatic heterocycles. The molecule has 0 aliphatic carbocycles. The lowest BCUT2D eigenvalue weighted by atomic mass is 9.92. The maximum absolute atomic E-state index is 9.76. The molecule has 0 amide bonds. The predicted molar refractivity (Wildman–Crippen MR) is 88.5 cm³/mol. The highest BCUT2D eigenvalue weighted by Gasteiger charge is 2.24. The molecular weight excluding hydrogens is 260 g/mol. The average molecular weight is 284 g/mol. The molecule has 0 aliphatic rings. The van der Waals surface area contributed by atoms with E-state index in [-0.39, 0.29) is 6.61 Å². The molecule has 0 fully saturated rings. The molecule has 2 rings (SSSR count). The normalized spacial score (nSPS) is 13.7. The molecule has 0 radical (unpaired) electrons. The number of rotatable bonds is 6. The molecule has 0 aliphatic heterocycles. The summed E-state index contributed by atoms with van der Waals surface area (Å²) in [6, 6.07) is 18.5. The molecule has 2 aromatic carbocycles. The Bertz CT molecular complexity index is 551. The van der Waals surface area contributed by atoms with Crippen molar-refractivity contribution in [3.63, 3.8) is 0 Å².